The van der Waals surface area contributed by atoms with Gasteiger partial charge in [0.15, 0.2) is 11.5 Å². The van der Waals surface area contributed by atoms with Gasteiger partial charge in [-0.25, -0.2) is 0 Å². The summed E-state index contributed by atoms with van der Waals surface area (Å²) in [5.74, 6) is 1.80. The first-order valence-electron chi connectivity index (χ1n) is 7.79. The number of ether oxygens (including phenoxy) is 2. The third-order valence-electron chi connectivity index (χ3n) is 4.28. The zero-order valence-electron chi connectivity index (χ0n) is 13.3. The van der Waals surface area contributed by atoms with Gasteiger partial charge >= 0.3 is 0 Å². The topological polar surface area (TPSA) is 41.9 Å². The molecule has 0 aliphatic carbocycles. The van der Waals surface area contributed by atoms with Crippen LogP contribution in [0, 0.1) is 5.92 Å². The van der Waals surface area contributed by atoms with E-state index in [1.807, 2.05) is 12.1 Å². The second-order valence-electron chi connectivity index (χ2n) is 5.77. The summed E-state index contributed by atoms with van der Waals surface area (Å²) in [4.78, 5) is 2.45. The van der Waals surface area contributed by atoms with Crippen LogP contribution in [0.1, 0.15) is 25.3 Å². The maximum absolute atomic E-state index is 10.3. The van der Waals surface area contributed by atoms with E-state index in [9.17, 15) is 5.11 Å². The van der Waals surface area contributed by atoms with E-state index >= 15 is 0 Å². The Morgan fingerprint density at radius 1 is 1.29 bits per heavy atom. The first kappa shape index (κ1) is 16.1. The summed E-state index contributed by atoms with van der Waals surface area (Å²) in [7, 11) is 3.32. The summed E-state index contributed by atoms with van der Waals surface area (Å²) in [6.45, 7) is 5.26. The molecule has 0 aromatic heterocycles. The lowest BCUT2D eigenvalue weighted by Crippen LogP contribution is -2.44. The number of hydrogen-bond acceptors (Lipinski definition) is 4. The number of hydrogen-bond donors (Lipinski definition) is 1. The largest absolute Gasteiger partial charge is 0.493 e. The first-order chi connectivity index (χ1) is 10.2. The highest BCUT2D eigenvalue weighted by molar-refractivity contribution is 5.46. The minimum Gasteiger partial charge on any atom is -0.493 e. The van der Waals surface area contributed by atoms with E-state index in [2.05, 4.69) is 17.9 Å². The van der Waals surface area contributed by atoms with E-state index in [0.717, 1.165) is 56.0 Å². The van der Waals surface area contributed by atoms with Gasteiger partial charge < -0.3 is 19.5 Å². The molecule has 0 radical (unpaired) electrons. The van der Waals surface area contributed by atoms with Crippen molar-refractivity contribution in [3.05, 3.63) is 23.8 Å². The van der Waals surface area contributed by atoms with Crippen LogP contribution in [0.15, 0.2) is 18.2 Å². The molecule has 1 aliphatic heterocycles. The highest BCUT2D eigenvalue weighted by atomic mass is 16.5. The molecule has 4 heteroatoms. The lowest BCUT2D eigenvalue weighted by molar-refractivity contribution is 0.0268. The summed E-state index contributed by atoms with van der Waals surface area (Å²) in [5, 5.41) is 10.3. The van der Waals surface area contributed by atoms with Crippen molar-refractivity contribution in [1.82, 2.24) is 4.90 Å². The van der Waals surface area contributed by atoms with Gasteiger partial charge in [-0.2, -0.15) is 0 Å². The smallest absolute Gasteiger partial charge is 0.163 e. The fourth-order valence-electron chi connectivity index (χ4n) is 3.21. The van der Waals surface area contributed by atoms with Crippen molar-refractivity contribution in [1.29, 1.82) is 0 Å². The van der Waals surface area contributed by atoms with Crippen LogP contribution in [0.3, 0.4) is 0 Å². The molecule has 0 amide bonds. The Balaban J connectivity index is 2.12. The molecule has 2 rings (SSSR count). The van der Waals surface area contributed by atoms with Crippen molar-refractivity contribution in [2.45, 2.75) is 32.3 Å². The van der Waals surface area contributed by atoms with E-state index < -0.39 is 0 Å². The molecule has 2 atom stereocenters. The van der Waals surface area contributed by atoms with Crippen LogP contribution >= 0.6 is 0 Å². The zero-order valence-corrected chi connectivity index (χ0v) is 13.3. The number of benzene rings is 1. The van der Waals surface area contributed by atoms with Crippen LogP contribution in [0.5, 0.6) is 11.5 Å². The average molecular weight is 293 g/mol. The van der Waals surface area contributed by atoms with Crippen LogP contribution in [0.4, 0.5) is 0 Å². The number of methoxy groups -OCH3 is 2. The Kier molecular flexibility index (Phi) is 5.88. The van der Waals surface area contributed by atoms with Crippen molar-refractivity contribution in [3.8, 4) is 11.5 Å². The van der Waals surface area contributed by atoms with Crippen LogP contribution in [-0.4, -0.2) is 50.0 Å². The Hall–Kier alpha value is -1.26. The first-order valence-corrected chi connectivity index (χ1v) is 7.79. The molecular weight excluding hydrogens is 266 g/mol. The highest BCUT2D eigenvalue weighted by Gasteiger charge is 2.28. The number of para-hydroxylation sites is 1. The molecule has 118 valence electrons. The quantitative estimate of drug-likeness (QED) is 0.874. The number of likely N-dealkylation sites (tertiary alicyclic amines) is 1. The number of nitrogens with zero attached hydrogens (tertiary/aromatic N) is 1. The third kappa shape index (κ3) is 3.89. The minimum atomic E-state index is -0.228. The van der Waals surface area contributed by atoms with Gasteiger partial charge in [-0.3, -0.25) is 0 Å². The molecule has 0 spiro atoms. The molecule has 1 saturated heterocycles. The van der Waals surface area contributed by atoms with Crippen LogP contribution in [0.2, 0.25) is 0 Å². The van der Waals surface area contributed by atoms with Crippen LogP contribution in [-0.2, 0) is 6.42 Å². The summed E-state index contributed by atoms with van der Waals surface area (Å²) in [5.41, 5.74) is 1.11. The van der Waals surface area contributed by atoms with E-state index in [1.165, 1.54) is 0 Å². The summed E-state index contributed by atoms with van der Waals surface area (Å²) in [6.07, 6.45) is 2.61. The second kappa shape index (κ2) is 7.66. The molecule has 4 nitrogen and oxygen atoms in total. The molecule has 1 aliphatic rings. The lowest BCUT2D eigenvalue weighted by Gasteiger charge is -2.36. The van der Waals surface area contributed by atoms with Crippen molar-refractivity contribution in [2.75, 3.05) is 33.9 Å². The normalized spacial score (nSPS) is 23.0. The monoisotopic (exact) mass is 293 g/mol. The van der Waals surface area contributed by atoms with E-state index in [0.29, 0.717) is 0 Å². The highest BCUT2D eigenvalue weighted by Crippen LogP contribution is 2.33. The lowest BCUT2D eigenvalue weighted by atomic mass is 9.88. The number of rotatable bonds is 6. The SMILES string of the molecule is CCCN1CCC(O)C(Cc2cccc(OC)c2OC)C1. The van der Waals surface area contributed by atoms with Gasteiger partial charge in [0.25, 0.3) is 0 Å². The number of piperidine rings is 1. The average Bonchev–Trinajstić information content (AvgIpc) is 2.50. The van der Waals surface area contributed by atoms with Crippen molar-refractivity contribution in [3.63, 3.8) is 0 Å². The molecule has 2 unspecified atom stereocenters. The zero-order chi connectivity index (χ0) is 15.2. The van der Waals surface area contributed by atoms with Gasteiger partial charge in [-0.15, -0.1) is 0 Å². The molecule has 1 N–H and O–H groups in total. The number of aliphatic hydroxyl groups excluding tert-OH is 1. The van der Waals surface area contributed by atoms with Gasteiger partial charge in [0.05, 0.1) is 20.3 Å². The summed E-state index contributed by atoms with van der Waals surface area (Å²) in [6, 6.07) is 5.95. The standard InChI is InChI=1S/C17H27NO3/c1-4-9-18-10-8-15(19)14(12-18)11-13-6-5-7-16(20-2)17(13)21-3/h5-7,14-15,19H,4,8-12H2,1-3H3. The van der Waals surface area contributed by atoms with Gasteiger partial charge in [0, 0.05) is 19.0 Å². The van der Waals surface area contributed by atoms with Crippen molar-refractivity contribution in [2.24, 2.45) is 5.92 Å². The maximum Gasteiger partial charge on any atom is 0.163 e. The Morgan fingerprint density at radius 3 is 2.76 bits per heavy atom. The fourth-order valence-corrected chi connectivity index (χ4v) is 3.21. The van der Waals surface area contributed by atoms with Crippen molar-refractivity contribution < 1.29 is 14.6 Å². The van der Waals surface area contributed by atoms with Gasteiger partial charge in [-0.1, -0.05) is 19.1 Å². The van der Waals surface area contributed by atoms with E-state index in [4.69, 9.17) is 9.47 Å². The van der Waals surface area contributed by atoms with Crippen molar-refractivity contribution >= 4 is 0 Å². The molecule has 21 heavy (non-hydrogen) atoms. The predicted octanol–water partition coefficient (Wildman–Crippen LogP) is 2.34. The second-order valence-corrected chi connectivity index (χ2v) is 5.77. The van der Waals surface area contributed by atoms with Gasteiger partial charge in [0.2, 0.25) is 0 Å². The van der Waals surface area contributed by atoms with Gasteiger partial charge in [-0.05, 0) is 37.4 Å². The van der Waals surface area contributed by atoms with Crippen LogP contribution < -0.4 is 9.47 Å². The molecular formula is C17H27NO3. The molecule has 0 saturated carbocycles. The molecule has 1 aromatic carbocycles. The third-order valence-corrected chi connectivity index (χ3v) is 4.28. The van der Waals surface area contributed by atoms with Gasteiger partial charge in [0.1, 0.15) is 0 Å². The Bertz CT molecular complexity index is 450. The molecule has 0 bridgehead atoms. The molecule has 1 aromatic rings. The fraction of sp³-hybridized carbons (Fsp3) is 0.647. The number of aliphatic hydroxyl groups is 1. The summed E-state index contributed by atoms with van der Waals surface area (Å²) >= 11 is 0. The minimum absolute atomic E-state index is 0.228. The predicted molar refractivity (Wildman–Crippen MR) is 84.1 cm³/mol. The van der Waals surface area contributed by atoms with E-state index in [1.54, 1.807) is 14.2 Å². The maximum atomic E-state index is 10.3. The molecule has 1 fully saturated rings. The van der Waals surface area contributed by atoms with Crippen LogP contribution in [0.25, 0.3) is 0 Å². The Morgan fingerprint density at radius 2 is 2.10 bits per heavy atom. The molecule has 1 heterocycles. The Labute approximate surface area is 127 Å². The van der Waals surface area contributed by atoms with E-state index in [-0.39, 0.29) is 12.0 Å². The summed E-state index contributed by atoms with van der Waals surface area (Å²) < 4.78 is 10.9.